The number of esters is 1. The number of hydrogen-bond donors (Lipinski definition) is 1. The lowest BCUT2D eigenvalue weighted by molar-refractivity contribution is -0.194. The molecule has 3 fully saturated rings. The highest BCUT2D eigenvalue weighted by Crippen LogP contribution is 2.74. The molecule has 5 aliphatic rings. The number of allylic oxidation sites excluding steroid dienone is 3. The summed E-state index contributed by atoms with van der Waals surface area (Å²) < 4.78 is 11.8. The summed E-state index contributed by atoms with van der Waals surface area (Å²) in [5.74, 6) is -0.410. The second-order valence-corrected chi connectivity index (χ2v) is 16.5. The summed E-state index contributed by atoms with van der Waals surface area (Å²) in [4.78, 5) is 39.5. The number of carboxylic acid groups (broad SMARTS) is 1. The minimum absolute atomic E-state index is 0.0485. The Morgan fingerprint density at radius 3 is 2.23 bits per heavy atom. The standard InChI is InChI=1S/C38H50O6/c1-33(2)28-13-16-38(7)30(36(28,5)15-14-29(33)44-27-12-10-9-11-23(27)31(40)41)26(39)21-24-25-22-35(4,32(42)43-8)18-17-34(25,3)19-20-37(24,38)6/h9-12,21-22,28-30H,13-20H2,1-8H3,(H,40,41)/t28?,29?,30?,34-,35+,36+,37-,38-/m1/s1. The fraction of sp³-hybridized carbons (Fsp3) is 0.658. The van der Waals surface area contributed by atoms with Crippen LogP contribution in [0.15, 0.2) is 47.6 Å². The van der Waals surface area contributed by atoms with Gasteiger partial charge in [0, 0.05) is 11.3 Å². The number of methoxy groups -OCH3 is 1. The van der Waals surface area contributed by atoms with E-state index in [4.69, 9.17) is 9.47 Å². The molecule has 0 spiro atoms. The van der Waals surface area contributed by atoms with Gasteiger partial charge in [-0.05, 0) is 115 Å². The number of para-hydroxylation sites is 1. The van der Waals surface area contributed by atoms with Gasteiger partial charge < -0.3 is 14.6 Å². The Hall–Kier alpha value is -2.89. The molecular formula is C38H50O6. The molecule has 1 N–H and O–H groups in total. The van der Waals surface area contributed by atoms with E-state index in [1.54, 1.807) is 18.2 Å². The van der Waals surface area contributed by atoms with E-state index in [0.29, 0.717) is 5.75 Å². The van der Waals surface area contributed by atoms with Gasteiger partial charge in [0.1, 0.15) is 17.4 Å². The van der Waals surface area contributed by atoms with Crippen LogP contribution in [0, 0.1) is 44.3 Å². The maximum atomic E-state index is 14.6. The Morgan fingerprint density at radius 1 is 0.864 bits per heavy atom. The molecule has 0 aliphatic heterocycles. The maximum Gasteiger partial charge on any atom is 0.339 e. The van der Waals surface area contributed by atoms with Gasteiger partial charge in [0.25, 0.3) is 0 Å². The summed E-state index contributed by atoms with van der Waals surface area (Å²) in [5.41, 5.74) is 0.927. The minimum Gasteiger partial charge on any atom is -0.489 e. The van der Waals surface area contributed by atoms with Crippen molar-refractivity contribution in [2.75, 3.05) is 7.11 Å². The van der Waals surface area contributed by atoms with Crippen LogP contribution in [0.25, 0.3) is 0 Å². The molecule has 3 saturated carbocycles. The number of carboxylic acids is 1. The van der Waals surface area contributed by atoms with Crippen molar-refractivity contribution in [1.29, 1.82) is 0 Å². The molecule has 1 aromatic rings. The Balaban J connectivity index is 1.39. The lowest BCUT2D eigenvalue weighted by Crippen LogP contribution is -2.66. The van der Waals surface area contributed by atoms with Crippen molar-refractivity contribution in [2.24, 2.45) is 44.3 Å². The molecule has 6 nitrogen and oxygen atoms in total. The summed E-state index contributed by atoms with van der Waals surface area (Å²) in [7, 11) is 1.46. The first kappa shape index (κ1) is 31.1. The van der Waals surface area contributed by atoms with Crippen molar-refractivity contribution in [3.8, 4) is 5.75 Å². The molecule has 8 atom stereocenters. The van der Waals surface area contributed by atoms with Crippen LogP contribution in [0.4, 0.5) is 0 Å². The third-order valence-corrected chi connectivity index (χ3v) is 14.0. The van der Waals surface area contributed by atoms with Crippen molar-refractivity contribution in [3.05, 3.63) is 53.1 Å². The van der Waals surface area contributed by atoms with E-state index >= 15 is 0 Å². The number of hydrogen-bond acceptors (Lipinski definition) is 5. The number of rotatable bonds is 4. The molecule has 44 heavy (non-hydrogen) atoms. The molecule has 0 radical (unpaired) electrons. The molecule has 6 rings (SSSR count). The van der Waals surface area contributed by atoms with Crippen LogP contribution in [-0.4, -0.2) is 36.0 Å². The van der Waals surface area contributed by atoms with Crippen LogP contribution in [0.3, 0.4) is 0 Å². The molecule has 5 aliphatic carbocycles. The number of fused-ring (bicyclic) bond motifs is 7. The predicted octanol–water partition coefficient (Wildman–Crippen LogP) is 8.21. The fourth-order valence-corrected chi connectivity index (χ4v) is 11.1. The van der Waals surface area contributed by atoms with Gasteiger partial charge in [0.2, 0.25) is 0 Å². The summed E-state index contributed by atoms with van der Waals surface area (Å²) in [6, 6.07) is 6.90. The Bertz CT molecular complexity index is 1490. The molecule has 0 bridgehead atoms. The number of benzene rings is 1. The zero-order valence-electron chi connectivity index (χ0n) is 27.8. The van der Waals surface area contributed by atoms with Crippen molar-refractivity contribution in [2.45, 2.75) is 106 Å². The lowest BCUT2D eigenvalue weighted by atomic mass is 9.34. The van der Waals surface area contributed by atoms with Crippen molar-refractivity contribution >= 4 is 17.7 Å². The third kappa shape index (κ3) is 4.07. The quantitative estimate of drug-likeness (QED) is 0.349. The highest BCUT2D eigenvalue weighted by molar-refractivity contribution is 5.97. The van der Waals surface area contributed by atoms with Crippen molar-refractivity contribution in [3.63, 3.8) is 0 Å². The monoisotopic (exact) mass is 602 g/mol. The van der Waals surface area contributed by atoms with Gasteiger partial charge in [-0.15, -0.1) is 0 Å². The van der Waals surface area contributed by atoms with E-state index in [1.165, 1.54) is 12.7 Å². The van der Waals surface area contributed by atoms with Crippen LogP contribution in [0.1, 0.15) is 110 Å². The zero-order chi connectivity index (χ0) is 32.1. The van der Waals surface area contributed by atoms with Crippen LogP contribution < -0.4 is 4.74 Å². The van der Waals surface area contributed by atoms with Gasteiger partial charge in [-0.2, -0.15) is 0 Å². The highest BCUT2D eigenvalue weighted by atomic mass is 16.5. The normalized spacial score (nSPS) is 42.4. The molecule has 238 valence electrons. The summed E-state index contributed by atoms with van der Waals surface area (Å²) in [5, 5.41) is 9.77. The predicted molar refractivity (Wildman–Crippen MR) is 169 cm³/mol. The minimum atomic E-state index is -0.986. The molecule has 0 heterocycles. The molecule has 0 amide bonds. The van der Waals surface area contributed by atoms with Crippen molar-refractivity contribution < 1.29 is 29.0 Å². The van der Waals surface area contributed by atoms with E-state index in [0.717, 1.165) is 56.9 Å². The van der Waals surface area contributed by atoms with Crippen LogP contribution in [0.5, 0.6) is 5.75 Å². The highest BCUT2D eigenvalue weighted by Gasteiger charge is 2.69. The lowest BCUT2D eigenvalue weighted by Gasteiger charge is -2.69. The first-order valence-corrected chi connectivity index (χ1v) is 16.5. The number of carbonyl (C=O) groups is 3. The topological polar surface area (TPSA) is 89.9 Å². The summed E-state index contributed by atoms with van der Waals surface area (Å²) in [6.07, 6.45) is 11.3. The number of aromatic carboxylic acids is 1. The van der Waals surface area contributed by atoms with E-state index < -0.39 is 11.4 Å². The Morgan fingerprint density at radius 2 is 1.55 bits per heavy atom. The molecule has 6 heteroatoms. The van der Waals surface area contributed by atoms with Crippen LogP contribution in [0.2, 0.25) is 0 Å². The first-order chi connectivity index (χ1) is 20.5. The third-order valence-electron chi connectivity index (χ3n) is 14.0. The van der Waals surface area contributed by atoms with E-state index in [-0.39, 0.29) is 62.3 Å². The van der Waals surface area contributed by atoms with Gasteiger partial charge >= 0.3 is 11.9 Å². The molecule has 0 aromatic heterocycles. The number of ether oxygens (including phenoxy) is 2. The Labute approximate surface area is 262 Å². The van der Waals surface area contributed by atoms with Crippen LogP contribution in [-0.2, 0) is 14.3 Å². The smallest absolute Gasteiger partial charge is 0.339 e. The first-order valence-electron chi connectivity index (χ1n) is 16.5. The zero-order valence-corrected chi connectivity index (χ0v) is 27.8. The average molecular weight is 603 g/mol. The second-order valence-electron chi connectivity index (χ2n) is 16.5. The van der Waals surface area contributed by atoms with Crippen LogP contribution >= 0.6 is 0 Å². The van der Waals surface area contributed by atoms with Gasteiger partial charge in [0.15, 0.2) is 5.78 Å². The number of ketones is 1. The van der Waals surface area contributed by atoms with E-state index in [2.05, 4.69) is 47.6 Å². The van der Waals surface area contributed by atoms with Gasteiger partial charge in [-0.25, -0.2) is 4.79 Å². The SMILES string of the molecule is COC(=O)[C@]1(C)C=C2C3=CC(=O)C4[C@@]5(C)CCC(Oc6ccccc6C(=O)O)C(C)(C)C5CC[C@@]4(C)[C@]3(C)CC[C@@]2(C)CC1. The van der Waals surface area contributed by atoms with Gasteiger partial charge in [-0.1, -0.05) is 59.8 Å². The molecule has 1 aromatic carbocycles. The van der Waals surface area contributed by atoms with E-state index in [1.807, 2.05) is 19.1 Å². The molecular weight excluding hydrogens is 552 g/mol. The molecule has 3 unspecified atom stereocenters. The van der Waals surface area contributed by atoms with Gasteiger partial charge in [0.05, 0.1) is 12.5 Å². The van der Waals surface area contributed by atoms with Crippen molar-refractivity contribution in [1.82, 2.24) is 0 Å². The Kier molecular flexibility index (Phi) is 6.93. The summed E-state index contributed by atoms with van der Waals surface area (Å²) in [6.45, 7) is 16.0. The fourth-order valence-electron chi connectivity index (χ4n) is 11.1. The maximum absolute atomic E-state index is 14.6. The average Bonchev–Trinajstić information content (AvgIpc) is 2.96. The second kappa shape index (κ2) is 9.80. The van der Waals surface area contributed by atoms with E-state index in [9.17, 15) is 19.5 Å². The number of carbonyl (C=O) groups excluding carboxylic acids is 2. The molecule has 0 saturated heterocycles. The largest absolute Gasteiger partial charge is 0.489 e. The summed E-state index contributed by atoms with van der Waals surface area (Å²) >= 11 is 0. The van der Waals surface area contributed by atoms with Gasteiger partial charge in [-0.3, -0.25) is 9.59 Å².